The number of benzene rings is 1. The zero-order valence-electron chi connectivity index (χ0n) is 10.7. The fourth-order valence-corrected chi connectivity index (χ4v) is 2.09. The Kier molecular flexibility index (Phi) is 2.93. The maximum atomic E-state index is 5.83. The van der Waals surface area contributed by atoms with Crippen LogP contribution in [0.25, 0.3) is 10.9 Å². The number of aryl methyl sites for hydroxylation is 1. The fourth-order valence-electron chi connectivity index (χ4n) is 2.09. The first-order valence-corrected chi connectivity index (χ1v) is 6.14. The number of nitrogens with zero attached hydrogens (tertiary/aromatic N) is 2. The molecule has 4 nitrogen and oxygen atoms in total. The van der Waals surface area contributed by atoms with Crippen molar-refractivity contribution in [3.8, 4) is 11.5 Å². The summed E-state index contributed by atoms with van der Waals surface area (Å²) in [6, 6.07) is 11.8. The highest BCUT2D eigenvalue weighted by molar-refractivity contribution is 5.81. The molecule has 1 aromatic carbocycles. The first kappa shape index (κ1) is 11.7. The Morgan fingerprint density at radius 2 is 2.00 bits per heavy atom. The van der Waals surface area contributed by atoms with Crippen LogP contribution in [0.5, 0.6) is 11.5 Å². The lowest BCUT2D eigenvalue weighted by molar-refractivity contribution is 0.481. The van der Waals surface area contributed by atoms with Crippen LogP contribution >= 0.6 is 0 Å². The molecule has 2 N–H and O–H groups in total. The van der Waals surface area contributed by atoms with Crippen LogP contribution in [0.2, 0.25) is 0 Å². The quantitative estimate of drug-likeness (QED) is 0.781. The topological polar surface area (TPSA) is 53.1 Å². The minimum absolute atomic E-state index is 0.412. The normalized spacial score (nSPS) is 10.8. The summed E-state index contributed by atoms with van der Waals surface area (Å²) in [5.74, 6) is 1.57. The predicted molar refractivity (Wildman–Crippen MR) is 75.1 cm³/mol. The van der Waals surface area contributed by atoms with Crippen molar-refractivity contribution in [2.45, 2.75) is 6.54 Å². The number of aromatic nitrogens is 2. The van der Waals surface area contributed by atoms with E-state index in [-0.39, 0.29) is 0 Å². The Balaban J connectivity index is 1.91. The Bertz CT molecular complexity index is 718. The SMILES string of the molecule is Cn1ccc2cc(Oc3ccnc(CN)c3)ccc21. The van der Waals surface area contributed by atoms with Gasteiger partial charge in [-0.05, 0) is 30.3 Å². The van der Waals surface area contributed by atoms with Crippen LogP contribution in [0.3, 0.4) is 0 Å². The van der Waals surface area contributed by atoms with E-state index >= 15 is 0 Å². The number of hydrogen-bond donors (Lipinski definition) is 1. The molecular formula is C15H15N3O. The van der Waals surface area contributed by atoms with E-state index < -0.39 is 0 Å². The van der Waals surface area contributed by atoms with Gasteiger partial charge in [-0.25, -0.2) is 0 Å². The van der Waals surface area contributed by atoms with E-state index in [1.807, 2.05) is 37.5 Å². The highest BCUT2D eigenvalue weighted by Gasteiger charge is 2.02. The highest BCUT2D eigenvalue weighted by Crippen LogP contribution is 2.26. The molecule has 0 unspecified atom stereocenters. The Hall–Kier alpha value is -2.33. The molecule has 3 rings (SSSR count). The van der Waals surface area contributed by atoms with Crippen LogP contribution in [-0.4, -0.2) is 9.55 Å². The first-order chi connectivity index (χ1) is 9.26. The highest BCUT2D eigenvalue weighted by atomic mass is 16.5. The van der Waals surface area contributed by atoms with Crippen molar-refractivity contribution in [2.24, 2.45) is 12.8 Å². The van der Waals surface area contributed by atoms with Crippen LogP contribution in [0, 0.1) is 0 Å². The summed E-state index contributed by atoms with van der Waals surface area (Å²) in [6.07, 6.45) is 3.74. The van der Waals surface area contributed by atoms with E-state index in [0.29, 0.717) is 6.54 Å². The van der Waals surface area contributed by atoms with Gasteiger partial charge in [0.25, 0.3) is 0 Å². The zero-order valence-corrected chi connectivity index (χ0v) is 10.7. The molecule has 0 saturated carbocycles. The number of fused-ring (bicyclic) bond motifs is 1. The molecule has 0 bridgehead atoms. The minimum Gasteiger partial charge on any atom is -0.457 e. The maximum absolute atomic E-state index is 5.83. The lowest BCUT2D eigenvalue weighted by atomic mass is 10.2. The fraction of sp³-hybridized carbons (Fsp3) is 0.133. The van der Waals surface area contributed by atoms with Crippen molar-refractivity contribution in [3.63, 3.8) is 0 Å². The second-order valence-corrected chi connectivity index (χ2v) is 4.44. The van der Waals surface area contributed by atoms with Gasteiger partial charge in [-0.1, -0.05) is 0 Å². The van der Waals surface area contributed by atoms with Gasteiger partial charge in [0.2, 0.25) is 0 Å². The third-order valence-electron chi connectivity index (χ3n) is 3.09. The molecule has 0 spiro atoms. The average molecular weight is 253 g/mol. The third kappa shape index (κ3) is 2.30. The van der Waals surface area contributed by atoms with E-state index in [1.54, 1.807) is 6.20 Å². The van der Waals surface area contributed by atoms with Crippen molar-refractivity contribution in [3.05, 3.63) is 54.5 Å². The summed E-state index contributed by atoms with van der Waals surface area (Å²) in [5, 5.41) is 1.16. The molecule has 2 heterocycles. The van der Waals surface area contributed by atoms with Crippen molar-refractivity contribution >= 4 is 10.9 Å². The monoisotopic (exact) mass is 253 g/mol. The number of rotatable bonds is 3. The van der Waals surface area contributed by atoms with Crippen LogP contribution in [0.1, 0.15) is 5.69 Å². The van der Waals surface area contributed by atoms with Crippen LogP contribution in [0.4, 0.5) is 0 Å². The van der Waals surface area contributed by atoms with Crippen molar-refractivity contribution in [1.29, 1.82) is 0 Å². The average Bonchev–Trinajstić information content (AvgIpc) is 2.80. The molecule has 3 aromatic rings. The minimum atomic E-state index is 0.412. The number of hydrogen-bond acceptors (Lipinski definition) is 3. The lowest BCUT2D eigenvalue weighted by Crippen LogP contribution is -1.99. The maximum Gasteiger partial charge on any atom is 0.130 e. The number of pyridine rings is 1. The Morgan fingerprint density at radius 1 is 1.16 bits per heavy atom. The smallest absolute Gasteiger partial charge is 0.130 e. The van der Waals surface area contributed by atoms with Crippen molar-refractivity contribution in [2.75, 3.05) is 0 Å². The summed E-state index contributed by atoms with van der Waals surface area (Å²) in [4.78, 5) is 4.14. The summed E-state index contributed by atoms with van der Waals surface area (Å²) in [7, 11) is 2.03. The summed E-state index contributed by atoms with van der Waals surface area (Å²) < 4.78 is 7.91. The summed E-state index contributed by atoms with van der Waals surface area (Å²) >= 11 is 0. The van der Waals surface area contributed by atoms with Gasteiger partial charge in [-0.2, -0.15) is 0 Å². The van der Waals surface area contributed by atoms with E-state index in [4.69, 9.17) is 10.5 Å². The van der Waals surface area contributed by atoms with Gasteiger partial charge >= 0.3 is 0 Å². The molecule has 0 aliphatic rings. The van der Waals surface area contributed by atoms with E-state index in [2.05, 4.69) is 21.7 Å². The largest absolute Gasteiger partial charge is 0.457 e. The van der Waals surface area contributed by atoms with Gasteiger partial charge in [0.1, 0.15) is 11.5 Å². The van der Waals surface area contributed by atoms with E-state index in [0.717, 1.165) is 22.6 Å². The zero-order chi connectivity index (χ0) is 13.2. The first-order valence-electron chi connectivity index (χ1n) is 6.14. The molecular weight excluding hydrogens is 238 g/mol. The Labute approximate surface area is 111 Å². The molecule has 0 radical (unpaired) electrons. The molecule has 0 atom stereocenters. The van der Waals surface area contributed by atoms with Gasteiger partial charge in [0, 0.05) is 43.0 Å². The lowest BCUT2D eigenvalue weighted by Gasteiger charge is -2.07. The van der Waals surface area contributed by atoms with Gasteiger partial charge < -0.3 is 15.0 Å². The second-order valence-electron chi connectivity index (χ2n) is 4.44. The van der Waals surface area contributed by atoms with Gasteiger partial charge in [0.15, 0.2) is 0 Å². The van der Waals surface area contributed by atoms with Gasteiger partial charge in [-0.15, -0.1) is 0 Å². The molecule has 0 aliphatic carbocycles. The van der Waals surface area contributed by atoms with E-state index in [9.17, 15) is 0 Å². The van der Waals surface area contributed by atoms with Gasteiger partial charge in [-0.3, -0.25) is 4.98 Å². The third-order valence-corrected chi connectivity index (χ3v) is 3.09. The van der Waals surface area contributed by atoms with Crippen molar-refractivity contribution < 1.29 is 4.74 Å². The van der Waals surface area contributed by atoms with Crippen molar-refractivity contribution in [1.82, 2.24) is 9.55 Å². The molecule has 0 aliphatic heterocycles. The predicted octanol–water partition coefficient (Wildman–Crippen LogP) is 2.82. The molecule has 2 aromatic heterocycles. The Morgan fingerprint density at radius 3 is 2.84 bits per heavy atom. The molecule has 0 fully saturated rings. The number of ether oxygens (including phenoxy) is 1. The molecule has 4 heteroatoms. The van der Waals surface area contributed by atoms with Gasteiger partial charge in [0.05, 0.1) is 5.69 Å². The number of nitrogens with two attached hydrogens (primary N) is 1. The molecule has 0 amide bonds. The van der Waals surface area contributed by atoms with Crippen LogP contribution in [0.15, 0.2) is 48.8 Å². The second kappa shape index (κ2) is 4.74. The molecule has 19 heavy (non-hydrogen) atoms. The molecule has 96 valence electrons. The summed E-state index contributed by atoms with van der Waals surface area (Å²) in [6.45, 7) is 0.412. The van der Waals surface area contributed by atoms with Crippen LogP contribution in [-0.2, 0) is 13.6 Å². The molecule has 0 saturated heterocycles. The summed E-state index contributed by atoms with van der Waals surface area (Å²) in [5.41, 5.74) is 7.57. The van der Waals surface area contributed by atoms with Crippen LogP contribution < -0.4 is 10.5 Å². The van der Waals surface area contributed by atoms with E-state index in [1.165, 1.54) is 5.52 Å². The standard InChI is InChI=1S/C15H15N3O/c1-18-7-5-11-8-13(2-3-15(11)18)19-14-4-6-17-12(9-14)10-16/h2-9H,10,16H2,1H3.